The molecular formula is C23H25N5O4. The van der Waals surface area contributed by atoms with Crippen molar-refractivity contribution in [3.63, 3.8) is 0 Å². The molecule has 9 heteroatoms. The van der Waals surface area contributed by atoms with Crippen LogP contribution in [0.25, 0.3) is 0 Å². The fourth-order valence-corrected chi connectivity index (χ4v) is 3.76. The van der Waals surface area contributed by atoms with Crippen LogP contribution in [0.1, 0.15) is 25.5 Å². The van der Waals surface area contributed by atoms with Crippen LogP contribution < -0.4 is 24.8 Å². The molecule has 0 radical (unpaired) electrons. The normalized spacial score (nSPS) is 14.9. The second kappa shape index (κ2) is 9.01. The molecule has 0 saturated heterocycles. The molecule has 0 saturated carbocycles. The molecule has 0 bridgehead atoms. The van der Waals surface area contributed by atoms with Crippen molar-refractivity contribution in [1.29, 1.82) is 0 Å². The van der Waals surface area contributed by atoms with Crippen molar-refractivity contribution in [2.75, 3.05) is 31.5 Å². The summed E-state index contributed by atoms with van der Waals surface area (Å²) >= 11 is 0. The van der Waals surface area contributed by atoms with Gasteiger partial charge in [-0.15, -0.1) is 0 Å². The molecule has 1 atom stereocenters. The molecule has 9 nitrogen and oxygen atoms in total. The first-order valence-electron chi connectivity index (χ1n) is 10.2. The van der Waals surface area contributed by atoms with E-state index in [9.17, 15) is 4.79 Å². The second-order valence-electron chi connectivity index (χ2n) is 7.09. The Morgan fingerprint density at radius 2 is 1.91 bits per heavy atom. The van der Waals surface area contributed by atoms with E-state index in [4.69, 9.17) is 14.2 Å². The highest BCUT2D eigenvalue weighted by atomic mass is 16.5. The second-order valence-corrected chi connectivity index (χ2v) is 7.09. The van der Waals surface area contributed by atoms with Crippen molar-refractivity contribution in [3.05, 3.63) is 65.6 Å². The number of hydrogen-bond donors (Lipinski definition) is 2. The van der Waals surface area contributed by atoms with Crippen molar-refractivity contribution in [2.24, 2.45) is 0 Å². The number of allylic oxidation sites excluding steroid dienone is 1. The molecule has 2 N–H and O–H groups in total. The first kappa shape index (κ1) is 21.2. The number of nitrogens with zero attached hydrogens (tertiary/aromatic N) is 3. The van der Waals surface area contributed by atoms with Crippen LogP contribution >= 0.6 is 0 Å². The Morgan fingerprint density at radius 3 is 2.66 bits per heavy atom. The third-order valence-corrected chi connectivity index (χ3v) is 5.20. The molecule has 32 heavy (non-hydrogen) atoms. The van der Waals surface area contributed by atoms with Crippen molar-refractivity contribution in [2.45, 2.75) is 19.9 Å². The lowest BCUT2D eigenvalue weighted by Crippen LogP contribution is -2.31. The summed E-state index contributed by atoms with van der Waals surface area (Å²) in [5.41, 5.74) is 2.56. The zero-order valence-corrected chi connectivity index (χ0v) is 18.4. The van der Waals surface area contributed by atoms with Crippen molar-refractivity contribution in [3.8, 4) is 17.2 Å². The smallest absolute Gasteiger partial charge is 0.255 e. The van der Waals surface area contributed by atoms with Crippen molar-refractivity contribution in [1.82, 2.24) is 14.8 Å². The fraction of sp³-hybridized carbons (Fsp3) is 0.261. The molecular weight excluding hydrogens is 410 g/mol. The number of para-hydroxylation sites is 2. The van der Waals surface area contributed by atoms with E-state index in [0.29, 0.717) is 46.8 Å². The van der Waals surface area contributed by atoms with Crippen LogP contribution in [0.5, 0.6) is 17.2 Å². The molecule has 0 unspecified atom stereocenters. The lowest BCUT2D eigenvalue weighted by Gasteiger charge is -2.29. The first-order valence-corrected chi connectivity index (χ1v) is 10.2. The minimum absolute atomic E-state index is 0.279. The summed E-state index contributed by atoms with van der Waals surface area (Å²) in [6.45, 7) is 4.27. The molecule has 1 aliphatic rings. The summed E-state index contributed by atoms with van der Waals surface area (Å²) in [7, 11) is 3.15. The maximum absolute atomic E-state index is 13.5. The first-order chi connectivity index (χ1) is 15.6. The van der Waals surface area contributed by atoms with Crippen LogP contribution in [-0.4, -0.2) is 41.5 Å². The molecule has 166 valence electrons. The summed E-state index contributed by atoms with van der Waals surface area (Å²) in [5.74, 6) is 2.05. The maximum Gasteiger partial charge on any atom is 0.255 e. The van der Waals surface area contributed by atoms with Gasteiger partial charge in [0.15, 0.2) is 11.5 Å². The molecule has 4 rings (SSSR count). The number of nitrogens with one attached hydrogen (secondary N) is 2. The monoisotopic (exact) mass is 435 g/mol. The molecule has 0 aliphatic carbocycles. The zero-order chi connectivity index (χ0) is 22.7. The number of benzene rings is 2. The summed E-state index contributed by atoms with van der Waals surface area (Å²) in [6.07, 6.45) is 1.45. The standard InChI is InChI=1S/C23H25N5O4/c1-5-32-18-11-10-15(12-19(18)31-4)21-20(14(2)26-23-24-13-25-28(21)23)22(29)27-16-8-6-7-9-17(16)30-3/h6-13,21H,5H2,1-4H3,(H,27,29)(H,24,25,26)/t21-/m1/s1. The van der Waals surface area contributed by atoms with Crippen LogP contribution in [-0.2, 0) is 4.79 Å². The molecule has 1 aromatic heterocycles. The number of amides is 1. The van der Waals surface area contributed by atoms with Gasteiger partial charge in [-0.05, 0) is 43.7 Å². The Morgan fingerprint density at radius 1 is 1.12 bits per heavy atom. The van der Waals surface area contributed by atoms with E-state index >= 15 is 0 Å². The Hall–Kier alpha value is -4.01. The number of carbonyl (C=O) groups is 1. The number of anilines is 2. The van der Waals surface area contributed by atoms with Crippen LogP contribution in [0.2, 0.25) is 0 Å². The van der Waals surface area contributed by atoms with Crippen LogP contribution in [0.3, 0.4) is 0 Å². The van der Waals surface area contributed by atoms with Gasteiger partial charge in [0.05, 0.1) is 32.1 Å². The number of fused-ring (bicyclic) bond motifs is 1. The van der Waals surface area contributed by atoms with Gasteiger partial charge in [-0.3, -0.25) is 4.79 Å². The van der Waals surface area contributed by atoms with Crippen molar-refractivity contribution >= 4 is 17.5 Å². The predicted octanol–water partition coefficient (Wildman–Crippen LogP) is 3.62. The van der Waals surface area contributed by atoms with E-state index in [0.717, 1.165) is 5.56 Å². The van der Waals surface area contributed by atoms with Crippen LogP contribution in [0.15, 0.2) is 60.1 Å². The molecule has 0 fully saturated rings. The highest BCUT2D eigenvalue weighted by molar-refractivity contribution is 6.06. The number of ether oxygens (including phenoxy) is 3. The van der Waals surface area contributed by atoms with Gasteiger partial charge in [-0.1, -0.05) is 18.2 Å². The number of rotatable bonds is 7. The van der Waals surface area contributed by atoms with Gasteiger partial charge in [0.25, 0.3) is 5.91 Å². The number of carbonyl (C=O) groups excluding carboxylic acids is 1. The van der Waals surface area contributed by atoms with Gasteiger partial charge in [0.1, 0.15) is 18.1 Å². The lowest BCUT2D eigenvalue weighted by atomic mass is 9.94. The largest absolute Gasteiger partial charge is 0.495 e. The minimum Gasteiger partial charge on any atom is -0.495 e. The molecule has 1 amide bonds. The summed E-state index contributed by atoms with van der Waals surface area (Å²) in [6, 6.07) is 12.3. The van der Waals surface area contributed by atoms with E-state index in [1.54, 1.807) is 31.0 Å². The Labute approximate surface area is 186 Å². The van der Waals surface area contributed by atoms with Gasteiger partial charge in [-0.2, -0.15) is 10.1 Å². The topological polar surface area (TPSA) is 99.5 Å². The average molecular weight is 435 g/mol. The molecule has 2 aromatic carbocycles. The van der Waals surface area contributed by atoms with Crippen LogP contribution in [0, 0.1) is 0 Å². The molecule has 1 aliphatic heterocycles. The van der Waals surface area contributed by atoms with Gasteiger partial charge in [0.2, 0.25) is 5.95 Å². The third kappa shape index (κ3) is 3.84. The number of hydrogen-bond acceptors (Lipinski definition) is 7. The van der Waals surface area contributed by atoms with Gasteiger partial charge < -0.3 is 24.8 Å². The van der Waals surface area contributed by atoms with E-state index < -0.39 is 6.04 Å². The lowest BCUT2D eigenvalue weighted by molar-refractivity contribution is -0.113. The van der Waals surface area contributed by atoms with E-state index in [2.05, 4.69) is 20.7 Å². The number of methoxy groups -OCH3 is 2. The van der Waals surface area contributed by atoms with Crippen molar-refractivity contribution < 1.29 is 19.0 Å². The van der Waals surface area contributed by atoms with E-state index in [-0.39, 0.29) is 5.91 Å². The van der Waals surface area contributed by atoms with Crippen LogP contribution in [0.4, 0.5) is 11.6 Å². The number of aromatic nitrogens is 3. The maximum atomic E-state index is 13.5. The SMILES string of the molecule is CCOc1ccc([C@@H]2C(C(=O)Nc3ccccc3OC)=C(C)Nc3ncnn32)cc1OC. The highest BCUT2D eigenvalue weighted by Gasteiger charge is 2.34. The molecule has 2 heterocycles. The summed E-state index contributed by atoms with van der Waals surface area (Å²) < 4.78 is 18.2. The quantitative estimate of drug-likeness (QED) is 0.585. The van der Waals surface area contributed by atoms with Gasteiger partial charge >= 0.3 is 0 Å². The van der Waals surface area contributed by atoms with E-state index in [1.165, 1.54) is 6.33 Å². The highest BCUT2D eigenvalue weighted by Crippen LogP contribution is 2.39. The zero-order valence-electron chi connectivity index (χ0n) is 18.4. The predicted molar refractivity (Wildman–Crippen MR) is 120 cm³/mol. The Balaban J connectivity index is 1.77. The summed E-state index contributed by atoms with van der Waals surface area (Å²) in [5, 5.41) is 10.5. The molecule has 0 spiro atoms. The van der Waals surface area contributed by atoms with E-state index in [1.807, 2.05) is 44.2 Å². The Kier molecular flexibility index (Phi) is 5.98. The summed E-state index contributed by atoms with van der Waals surface area (Å²) in [4.78, 5) is 17.8. The minimum atomic E-state index is -0.520. The average Bonchev–Trinajstić information content (AvgIpc) is 3.27. The Bertz CT molecular complexity index is 1170. The molecule has 3 aromatic rings. The third-order valence-electron chi connectivity index (χ3n) is 5.20. The van der Waals surface area contributed by atoms with Gasteiger partial charge in [-0.25, -0.2) is 4.68 Å². The fourth-order valence-electron chi connectivity index (χ4n) is 3.76. The van der Waals surface area contributed by atoms with Gasteiger partial charge in [0, 0.05) is 5.70 Å².